The van der Waals surface area contributed by atoms with E-state index in [9.17, 15) is 0 Å². The maximum Gasteiger partial charge on any atom is 0.149 e. The first-order valence-electron chi connectivity index (χ1n) is 5.88. The highest BCUT2D eigenvalue weighted by molar-refractivity contribution is 5.32. The average molecular weight is 227 g/mol. The second-order valence-corrected chi connectivity index (χ2v) is 3.95. The number of benzene rings is 1. The average Bonchev–Trinajstić information content (AvgIpc) is 2.38. The predicted molar refractivity (Wildman–Crippen MR) is 68.7 cm³/mol. The number of hydrogen-bond acceptors (Lipinski definition) is 3. The van der Waals surface area contributed by atoms with Gasteiger partial charge in [0.2, 0.25) is 0 Å². The molecule has 1 atom stereocenters. The largest absolute Gasteiger partial charge is 0.304 e. The van der Waals surface area contributed by atoms with Crippen molar-refractivity contribution in [3.8, 4) is 0 Å². The molecular formula is C14H17N3. The third-order valence-corrected chi connectivity index (χ3v) is 2.75. The molecule has 0 bridgehead atoms. The molecule has 17 heavy (non-hydrogen) atoms. The second kappa shape index (κ2) is 5.55. The van der Waals surface area contributed by atoms with E-state index in [1.807, 2.05) is 12.1 Å². The maximum atomic E-state index is 4.34. The van der Waals surface area contributed by atoms with E-state index in [0.717, 1.165) is 12.4 Å². The summed E-state index contributed by atoms with van der Waals surface area (Å²) >= 11 is 0. The summed E-state index contributed by atoms with van der Waals surface area (Å²) in [6, 6.07) is 10.2. The molecule has 1 N–H and O–H groups in total. The van der Waals surface area contributed by atoms with Gasteiger partial charge in [-0.3, -0.25) is 0 Å². The van der Waals surface area contributed by atoms with E-state index in [1.54, 1.807) is 12.4 Å². The molecule has 1 heterocycles. The van der Waals surface area contributed by atoms with Gasteiger partial charge in [0.1, 0.15) is 5.82 Å². The second-order valence-electron chi connectivity index (χ2n) is 3.95. The van der Waals surface area contributed by atoms with Gasteiger partial charge in [-0.25, -0.2) is 9.97 Å². The third-order valence-electron chi connectivity index (χ3n) is 2.75. The van der Waals surface area contributed by atoms with Gasteiger partial charge in [0, 0.05) is 12.4 Å². The van der Waals surface area contributed by atoms with E-state index >= 15 is 0 Å². The predicted octanol–water partition coefficient (Wildman–Crippen LogP) is 2.48. The molecule has 2 aromatic rings. The van der Waals surface area contributed by atoms with E-state index in [4.69, 9.17) is 0 Å². The molecule has 0 saturated heterocycles. The van der Waals surface area contributed by atoms with E-state index < -0.39 is 0 Å². The van der Waals surface area contributed by atoms with Crippen LogP contribution in [0, 0.1) is 6.92 Å². The lowest BCUT2D eigenvalue weighted by Crippen LogP contribution is -2.24. The molecule has 0 aliphatic rings. The van der Waals surface area contributed by atoms with Gasteiger partial charge in [-0.15, -0.1) is 0 Å². The van der Waals surface area contributed by atoms with Crippen LogP contribution in [0.5, 0.6) is 0 Å². The Morgan fingerprint density at radius 3 is 2.47 bits per heavy atom. The van der Waals surface area contributed by atoms with Crippen LogP contribution in [-0.2, 0) is 0 Å². The van der Waals surface area contributed by atoms with Crippen molar-refractivity contribution in [3.63, 3.8) is 0 Å². The lowest BCUT2D eigenvalue weighted by molar-refractivity contribution is 0.595. The Bertz CT molecular complexity index is 468. The van der Waals surface area contributed by atoms with Crippen LogP contribution >= 0.6 is 0 Å². The Kier molecular flexibility index (Phi) is 3.83. The molecule has 88 valence electrons. The van der Waals surface area contributed by atoms with Crippen LogP contribution in [0.3, 0.4) is 0 Å². The normalized spacial score (nSPS) is 12.4. The topological polar surface area (TPSA) is 37.8 Å². The maximum absolute atomic E-state index is 4.34. The minimum Gasteiger partial charge on any atom is -0.304 e. The fourth-order valence-corrected chi connectivity index (χ4v) is 1.91. The van der Waals surface area contributed by atoms with Crippen molar-refractivity contribution in [1.82, 2.24) is 15.3 Å². The van der Waals surface area contributed by atoms with Crippen LogP contribution in [0.25, 0.3) is 0 Å². The molecule has 2 rings (SSSR count). The Morgan fingerprint density at radius 1 is 1.12 bits per heavy atom. The van der Waals surface area contributed by atoms with Crippen molar-refractivity contribution in [1.29, 1.82) is 0 Å². The summed E-state index contributed by atoms with van der Waals surface area (Å²) in [6.45, 7) is 5.09. The summed E-state index contributed by atoms with van der Waals surface area (Å²) in [5.74, 6) is 0.823. The number of nitrogens with zero attached hydrogens (tertiary/aromatic N) is 2. The van der Waals surface area contributed by atoms with Gasteiger partial charge in [0.25, 0.3) is 0 Å². The minimum absolute atomic E-state index is 0.0717. The monoisotopic (exact) mass is 227 g/mol. The van der Waals surface area contributed by atoms with Crippen molar-refractivity contribution in [2.75, 3.05) is 6.54 Å². The standard InChI is InChI=1S/C14H17N3/c1-3-15-13(14-16-9-6-10-17-14)12-8-5-4-7-11(12)2/h4-10,13,15H,3H2,1-2H3. The first kappa shape index (κ1) is 11.7. The molecule has 0 radical (unpaired) electrons. The number of hydrogen-bond donors (Lipinski definition) is 1. The highest BCUT2D eigenvalue weighted by atomic mass is 15.0. The molecule has 0 amide bonds. The minimum atomic E-state index is 0.0717. The zero-order valence-electron chi connectivity index (χ0n) is 10.2. The van der Waals surface area contributed by atoms with E-state index in [-0.39, 0.29) is 6.04 Å². The van der Waals surface area contributed by atoms with E-state index in [1.165, 1.54) is 11.1 Å². The van der Waals surface area contributed by atoms with Gasteiger partial charge in [0.05, 0.1) is 6.04 Å². The molecule has 0 aliphatic carbocycles. The molecule has 1 unspecified atom stereocenters. The highest BCUT2D eigenvalue weighted by Gasteiger charge is 2.16. The van der Waals surface area contributed by atoms with Crippen LogP contribution in [-0.4, -0.2) is 16.5 Å². The Labute approximate surface area is 102 Å². The van der Waals surface area contributed by atoms with Crippen LogP contribution in [0.1, 0.15) is 29.9 Å². The number of rotatable bonds is 4. The molecule has 0 spiro atoms. The van der Waals surface area contributed by atoms with Gasteiger partial charge in [-0.1, -0.05) is 31.2 Å². The molecular weight excluding hydrogens is 210 g/mol. The first-order chi connectivity index (χ1) is 8.33. The van der Waals surface area contributed by atoms with E-state index in [0.29, 0.717) is 0 Å². The SMILES string of the molecule is CCNC(c1ncccn1)c1ccccc1C. The summed E-state index contributed by atoms with van der Waals surface area (Å²) in [5, 5.41) is 3.43. The van der Waals surface area contributed by atoms with Crippen LogP contribution < -0.4 is 5.32 Å². The van der Waals surface area contributed by atoms with Crippen molar-refractivity contribution in [3.05, 3.63) is 59.7 Å². The molecule has 1 aromatic carbocycles. The van der Waals surface area contributed by atoms with Crippen molar-refractivity contribution in [2.45, 2.75) is 19.9 Å². The quantitative estimate of drug-likeness (QED) is 0.872. The molecule has 3 heteroatoms. The fraction of sp³-hybridized carbons (Fsp3) is 0.286. The molecule has 1 aromatic heterocycles. The van der Waals surface area contributed by atoms with Crippen LogP contribution in [0.4, 0.5) is 0 Å². The number of aromatic nitrogens is 2. The number of aryl methyl sites for hydroxylation is 1. The zero-order chi connectivity index (χ0) is 12.1. The zero-order valence-corrected chi connectivity index (χ0v) is 10.2. The summed E-state index contributed by atoms with van der Waals surface area (Å²) in [5.41, 5.74) is 2.49. The Morgan fingerprint density at radius 2 is 1.82 bits per heavy atom. The van der Waals surface area contributed by atoms with E-state index in [2.05, 4.69) is 47.3 Å². The highest BCUT2D eigenvalue weighted by Crippen LogP contribution is 2.21. The van der Waals surface area contributed by atoms with Crippen molar-refractivity contribution >= 4 is 0 Å². The summed E-state index contributed by atoms with van der Waals surface area (Å²) in [4.78, 5) is 8.68. The fourth-order valence-electron chi connectivity index (χ4n) is 1.91. The van der Waals surface area contributed by atoms with Gasteiger partial charge in [-0.2, -0.15) is 0 Å². The van der Waals surface area contributed by atoms with Gasteiger partial charge in [-0.05, 0) is 30.7 Å². The van der Waals surface area contributed by atoms with Gasteiger partial charge >= 0.3 is 0 Å². The summed E-state index contributed by atoms with van der Waals surface area (Å²) < 4.78 is 0. The van der Waals surface area contributed by atoms with Crippen LogP contribution in [0.2, 0.25) is 0 Å². The lowest BCUT2D eigenvalue weighted by Gasteiger charge is -2.18. The number of nitrogens with one attached hydrogen (secondary N) is 1. The molecule has 3 nitrogen and oxygen atoms in total. The van der Waals surface area contributed by atoms with Crippen molar-refractivity contribution in [2.24, 2.45) is 0 Å². The van der Waals surface area contributed by atoms with Crippen molar-refractivity contribution < 1.29 is 0 Å². The third kappa shape index (κ3) is 2.68. The Hall–Kier alpha value is -1.74. The summed E-state index contributed by atoms with van der Waals surface area (Å²) in [7, 11) is 0. The summed E-state index contributed by atoms with van der Waals surface area (Å²) in [6.07, 6.45) is 3.57. The first-order valence-corrected chi connectivity index (χ1v) is 5.88. The molecule has 0 saturated carbocycles. The Balaban J connectivity index is 2.39. The van der Waals surface area contributed by atoms with Gasteiger partial charge < -0.3 is 5.32 Å². The molecule has 0 aliphatic heterocycles. The van der Waals surface area contributed by atoms with Gasteiger partial charge in [0.15, 0.2) is 0 Å². The molecule has 0 fully saturated rings. The lowest BCUT2D eigenvalue weighted by atomic mass is 10.0. The smallest absolute Gasteiger partial charge is 0.149 e. The van der Waals surface area contributed by atoms with Crippen LogP contribution in [0.15, 0.2) is 42.7 Å².